The molecular weight excluding hydrogens is 416 g/mol. The van der Waals surface area contributed by atoms with E-state index in [-0.39, 0.29) is 17.2 Å². The van der Waals surface area contributed by atoms with Crippen molar-refractivity contribution in [2.24, 2.45) is 0 Å². The number of hydrogen-bond donors (Lipinski definition) is 1. The zero-order valence-corrected chi connectivity index (χ0v) is 18.9. The summed E-state index contributed by atoms with van der Waals surface area (Å²) >= 11 is 0. The zero-order valence-electron chi connectivity index (χ0n) is 18.1. The van der Waals surface area contributed by atoms with Crippen LogP contribution in [0.4, 0.5) is 5.69 Å². The molecule has 0 unspecified atom stereocenters. The van der Waals surface area contributed by atoms with E-state index in [1.54, 1.807) is 48.9 Å². The molecule has 1 saturated heterocycles. The van der Waals surface area contributed by atoms with Crippen molar-refractivity contribution in [1.29, 1.82) is 0 Å². The average Bonchev–Trinajstić information content (AvgIpc) is 3.08. The van der Waals surface area contributed by atoms with Gasteiger partial charge in [0.25, 0.3) is 0 Å². The van der Waals surface area contributed by atoms with Gasteiger partial charge in [0.15, 0.2) is 0 Å². The molecule has 1 N–H and O–H groups in total. The summed E-state index contributed by atoms with van der Waals surface area (Å²) in [6.07, 6.45) is 4.74. The lowest BCUT2D eigenvalue weighted by molar-refractivity contribution is -0.116. The van der Waals surface area contributed by atoms with Crippen molar-refractivity contribution in [3.63, 3.8) is 0 Å². The van der Waals surface area contributed by atoms with E-state index in [9.17, 15) is 13.2 Å². The summed E-state index contributed by atoms with van der Waals surface area (Å²) in [6.45, 7) is 1.13. The van der Waals surface area contributed by atoms with Gasteiger partial charge in [-0.25, -0.2) is 8.42 Å². The molecular formula is C23H30N2O5S. The number of benzene rings is 2. The molecule has 1 heterocycles. The third-order valence-corrected chi connectivity index (χ3v) is 7.31. The SMILES string of the molecule is COc1cc(CCC(=O)Nc2ccc(S(=O)(=O)N3CCCCCC3)cc2)cc(OC)c1. The molecule has 0 bridgehead atoms. The van der Waals surface area contributed by atoms with Gasteiger partial charge in [0.1, 0.15) is 11.5 Å². The van der Waals surface area contributed by atoms with Gasteiger partial charge >= 0.3 is 0 Å². The predicted octanol–water partition coefficient (Wildman–Crippen LogP) is 3.84. The molecule has 0 aliphatic carbocycles. The smallest absolute Gasteiger partial charge is 0.243 e. The van der Waals surface area contributed by atoms with Crippen molar-refractivity contribution < 1.29 is 22.7 Å². The number of anilines is 1. The van der Waals surface area contributed by atoms with Gasteiger partial charge in [-0.15, -0.1) is 0 Å². The summed E-state index contributed by atoms with van der Waals surface area (Å²) in [5.41, 5.74) is 1.51. The minimum atomic E-state index is -3.49. The van der Waals surface area contributed by atoms with Gasteiger partial charge in [-0.3, -0.25) is 4.79 Å². The highest BCUT2D eigenvalue weighted by atomic mass is 32.2. The fraction of sp³-hybridized carbons (Fsp3) is 0.435. The third-order valence-electron chi connectivity index (χ3n) is 5.39. The summed E-state index contributed by atoms with van der Waals surface area (Å²) in [4.78, 5) is 12.6. The molecule has 2 aromatic carbocycles. The van der Waals surface area contributed by atoms with Crippen molar-refractivity contribution in [1.82, 2.24) is 4.31 Å². The lowest BCUT2D eigenvalue weighted by Gasteiger charge is -2.20. The largest absolute Gasteiger partial charge is 0.497 e. The van der Waals surface area contributed by atoms with Crippen LogP contribution in [0, 0.1) is 0 Å². The minimum Gasteiger partial charge on any atom is -0.497 e. The number of carbonyl (C=O) groups excluding carboxylic acids is 1. The van der Waals surface area contributed by atoms with E-state index < -0.39 is 10.0 Å². The number of rotatable bonds is 8. The molecule has 1 amide bonds. The molecule has 1 aliphatic heterocycles. The monoisotopic (exact) mass is 446 g/mol. The molecule has 0 radical (unpaired) electrons. The van der Waals surface area contributed by atoms with Crippen LogP contribution < -0.4 is 14.8 Å². The van der Waals surface area contributed by atoms with Crippen molar-refractivity contribution in [2.75, 3.05) is 32.6 Å². The van der Waals surface area contributed by atoms with Crippen LogP contribution in [0.25, 0.3) is 0 Å². The molecule has 31 heavy (non-hydrogen) atoms. The van der Waals surface area contributed by atoms with Crippen LogP contribution in [-0.4, -0.2) is 45.9 Å². The van der Waals surface area contributed by atoms with E-state index in [0.29, 0.717) is 36.7 Å². The second kappa shape index (κ2) is 10.6. The number of methoxy groups -OCH3 is 2. The Morgan fingerprint density at radius 2 is 1.52 bits per heavy atom. The van der Waals surface area contributed by atoms with Gasteiger partial charge in [-0.1, -0.05) is 12.8 Å². The standard InChI is InChI=1S/C23H30N2O5S/c1-29-20-15-18(16-21(17-20)30-2)7-12-23(26)24-19-8-10-22(11-9-19)31(27,28)25-13-5-3-4-6-14-25/h8-11,15-17H,3-7,12-14H2,1-2H3,(H,24,26). The van der Waals surface area contributed by atoms with Gasteiger partial charge < -0.3 is 14.8 Å². The lowest BCUT2D eigenvalue weighted by Crippen LogP contribution is -2.31. The molecule has 0 aromatic heterocycles. The molecule has 0 atom stereocenters. The molecule has 2 aromatic rings. The maximum atomic E-state index is 12.9. The fourth-order valence-electron chi connectivity index (χ4n) is 3.63. The Morgan fingerprint density at radius 3 is 2.06 bits per heavy atom. The number of carbonyl (C=O) groups is 1. The summed E-state index contributed by atoms with van der Waals surface area (Å²) in [7, 11) is -0.323. The fourth-order valence-corrected chi connectivity index (χ4v) is 5.15. The third kappa shape index (κ3) is 6.21. The maximum absolute atomic E-state index is 12.9. The predicted molar refractivity (Wildman–Crippen MR) is 120 cm³/mol. The summed E-state index contributed by atoms with van der Waals surface area (Å²) < 4.78 is 37.8. The van der Waals surface area contributed by atoms with Crippen molar-refractivity contribution >= 4 is 21.6 Å². The quantitative estimate of drug-likeness (QED) is 0.666. The van der Waals surface area contributed by atoms with Gasteiger partial charge in [0.2, 0.25) is 15.9 Å². The van der Waals surface area contributed by atoms with Gasteiger partial charge in [-0.05, 0) is 61.2 Å². The van der Waals surface area contributed by atoms with Gasteiger partial charge in [0, 0.05) is 31.3 Å². The zero-order chi connectivity index (χ0) is 22.3. The topological polar surface area (TPSA) is 84.9 Å². The Hall–Kier alpha value is -2.58. The summed E-state index contributed by atoms with van der Waals surface area (Å²) in [5.74, 6) is 1.21. The molecule has 168 valence electrons. The van der Waals surface area contributed by atoms with Crippen LogP contribution in [0.15, 0.2) is 47.4 Å². The number of amides is 1. The van der Waals surface area contributed by atoms with E-state index in [4.69, 9.17) is 9.47 Å². The first-order valence-corrected chi connectivity index (χ1v) is 12.0. The van der Waals surface area contributed by atoms with Crippen LogP contribution in [0.2, 0.25) is 0 Å². The number of nitrogens with zero attached hydrogens (tertiary/aromatic N) is 1. The van der Waals surface area contributed by atoms with E-state index in [1.807, 2.05) is 12.1 Å². The van der Waals surface area contributed by atoms with Crippen LogP contribution in [0.1, 0.15) is 37.7 Å². The van der Waals surface area contributed by atoms with Crippen LogP contribution >= 0.6 is 0 Å². The van der Waals surface area contributed by atoms with Crippen LogP contribution in [0.5, 0.6) is 11.5 Å². The highest BCUT2D eigenvalue weighted by Gasteiger charge is 2.25. The highest BCUT2D eigenvalue weighted by Crippen LogP contribution is 2.24. The van der Waals surface area contributed by atoms with E-state index >= 15 is 0 Å². The van der Waals surface area contributed by atoms with Gasteiger partial charge in [-0.2, -0.15) is 4.31 Å². The molecule has 0 spiro atoms. The first kappa shape index (κ1) is 23.1. The van der Waals surface area contributed by atoms with Crippen molar-refractivity contribution in [2.45, 2.75) is 43.4 Å². The Kier molecular flexibility index (Phi) is 7.92. The van der Waals surface area contributed by atoms with Crippen molar-refractivity contribution in [3.8, 4) is 11.5 Å². The van der Waals surface area contributed by atoms with Crippen molar-refractivity contribution in [3.05, 3.63) is 48.0 Å². The Bertz CT molecular complexity index is 959. The average molecular weight is 447 g/mol. The molecule has 0 saturated carbocycles. The normalized spacial score (nSPS) is 15.2. The number of aryl methyl sites for hydroxylation is 1. The first-order valence-electron chi connectivity index (χ1n) is 10.5. The summed E-state index contributed by atoms with van der Waals surface area (Å²) in [6, 6.07) is 11.9. The molecule has 7 nitrogen and oxygen atoms in total. The van der Waals surface area contributed by atoms with Crippen LogP contribution in [0.3, 0.4) is 0 Å². The Morgan fingerprint density at radius 1 is 0.935 bits per heavy atom. The molecule has 1 fully saturated rings. The van der Waals surface area contributed by atoms with Crippen LogP contribution in [-0.2, 0) is 21.2 Å². The maximum Gasteiger partial charge on any atom is 0.243 e. The van der Waals surface area contributed by atoms with E-state index in [1.165, 1.54) is 0 Å². The Labute approximate surface area is 184 Å². The Balaban J connectivity index is 1.59. The number of hydrogen-bond acceptors (Lipinski definition) is 5. The minimum absolute atomic E-state index is 0.148. The molecule has 8 heteroatoms. The second-order valence-electron chi connectivity index (χ2n) is 7.61. The van der Waals surface area contributed by atoms with Gasteiger partial charge in [0.05, 0.1) is 19.1 Å². The number of ether oxygens (including phenoxy) is 2. The number of nitrogens with one attached hydrogen (secondary N) is 1. The van der Waals surface area contributed by atoms with E-state index in [0.717, 1.165) is 31.2 Å². The highest BCUT2D eigenvalue weighted by molar-refractivity contribution is 7.89. The number of sulfonamides is 1. The summed E-state index contributed by atoms with van der Waals surface area (Å²) in [5, 5.41) is 2.83. The van der Waals surface area contributed by atoms with E-state index in [2.05, 4.69) is 5.32 Å². The second-order valence-corrected chi connectivity index (χ2v) is 9.55. The molecule has 1 aliphatic rings. The first-order chi connectivity index (χ1) is 14.9. The molecule has 3 rings (SSSR count). The lowest BCUT2D eigenvalue weighted by atomic mass is 10.1.